The first-order valence-electron chi connectivity index (χ1n) is 6.12. The summed E-state index contributed by atoms with van der Waals surface area (Å²) >= 11 is 0. The zero-order valence-electron chi connectivity index (χ0n) is 10.6. The molecule has 98 valence electrons. The molecule has 2 nitrogen and oxygen atoms in total. The van der Waals surface area contributed by atoms with Crippen molar-refractivity contribution in [2.24, 2.45) is 0 Å². The van der Waals surface area contributed by atoms with Crippen molar-refractivity contribution in [2.75, 3.05) is 0 Å². The Bertz CT molecular complexity index is 577. The number of carbonyl (C=O) groups is 1. The average Bonchev–Trinajstić information content (AvgIpc) is 2.39. The van der Waals surface area contributed by atoms with E-state index >= 15 is 0 Å². The Labute approximate surface area is 111 Å². The Morgan fingerprint density at radius 1 is 1.21 bits per heavy atom. The minimum atomic E-state index is -1.10. The number of rotatable bonds is 4. The summed E-state index contributed by atoms with van der Waals surface area (Å²) in [6.45, 7) is 1.45. The predicted molar refractivity (Wildman–Crippen MR) is 72.7 cm³/mol. The fourth-order valence-electron chi connectivity index (χ4n) is 2.07. The molecular weight excluding hydrogens is 243 g/mol. The highest BCUT2D eigenvalue weighted by molar-refractivity contribution is 5.77. The van der Waals surface area contributed by atoms with E-state index in [9.17, 15) is 9.18 Å². The van der Waals surface area contributed by atoms with Gasteiger partial charge in [0.05, 0.1) is 6.42 Å². The molecule has 0 fully saturated rings. The highest BCUT2D eigenvalue weighted by Gasteiger charge is 2.12. The number of hydrogen-bond donors (Lipinski definition) is 1. The average molecular weight is 258 g/mol. The van der Waals surface area contributed by atoms with Crippen molar-refractivity contribution in [1.29, 1.82) is 0 Å². The third-order valence-corrected chi connectivity index (χ3v) is 3.02. The molecule has 1 N–H and O–H groups in total. The standard InChI is InChI=1S/C16H15FO2/c1-11(17)13-7-8-15(12-5-3-2-4-6-12)14(9-13)10-16(18)19/h2-9,11H,10H2,1H3,(H,18,19). The Morgan fingerprint density at radius 2 is 1.89 bits per heavy atom. The van der Waals surface area contributed by atoms with Crippen LogP contribution < -0.4 is 0 Å². The summed E-state index contributed by atoms with van der Waals surface area (Å²) in [5.41, 5.74) is 2.93. The van der Waals surface area contributed by atoms with Crippen molar-refractivity contribution in [3.8, 4) is 11.1 Å². The Kier molecular flexibility index (Phi) is 3.95. The lowest BCUT2D eigenvalue weighted by Crippen LogP contribution is -2.03. The maximum Gasteiger partial charge on any atom is 0.307 e. The topological polar surface area (TPSA) is 37.3 Å². The van der Waals surface area contributed by atoms with Crippen LogP contribution in [0.5, 0.6) is 0 Å². The van der Waals surface area contributed by atoms with Gasteiger partial charge in [-0.1, -0.05) is 48.5 Å². The second-order valence-electron chi connectivity index (χ2n) is 4.47. The molecule has 2 rings (SSSR count). The molecule has 2 aromatic carbocycles. The summed E-state index contributed by atoms with van der Waals surface area (Å²) in [5.74, 6) is -0.916. The smallest absolute Gasteiger partial charge is 0.307 e. The lowest BCUT2D eigenvalue weighted by Gasteiger charge is -2.11. The number of halogens is 1. The molecule has 0 bridgehead atoms. The van der Waals surface area contributed by atoms with Crippen molar-refractivity contribution in [3.63, 3.8) is 0 Å². The Morgan fingerprint density at radius 3 is 2.47 bits per heavy atom. The number of carboxylic acid groups (broad SMARTS) is 1. The Balaban J connectivity index is 2.51. The van der Waals surface area contributed by atoms with Gasteiger partial charge < -0.3 is 5.11 Å². The summed E-state index contributed by atoms with van der Waals surface area (Å²) in [7, 11) is 0. The highest BCUT2D eigenvalue weighted by Crippen LogP contribution is 2.28. The first-order chi connectivity index (χ1) is 9.08. The molecule has 0 aliphatic carbocycles. The summed E-state index contributed by atoms with van der Waals surface area (Å²) in [4.78, 5) is 10.9. The molecule has 2 aromatic rings. The molecule has 0 aliphatic rings. The zero-order chi connectivity index (χ0) is 13.8. The number of carboxylic acids is 1. The Hall–Kier alpha value is -2.16. The minimum absolute atomic E-state index is 0.106. The predicted octanol–water partition coefficient (Wildman–Crippen LogP) is 4.01. The van der Waals surface area contributed by atoms with Gasteiger partial charge in [-0.3, -0.25) is 4.79 Å². The molecule has 0 spiro atoms. The van der Waals surface area contributed by atoms with Gasteiger partial charge in [0.15, 0.2) is 0 Å². The minimum Gasteiger partial charge on any atom is -0.481 e. The number of hydrogen-bond acceptors (Lipinski definition) is 1. The van der Waals surface area contributed by atoms with Crippen LogP contribution >= 0.6 is 0 Å². The molecule has 0 radical (unpaired) electrons. The molecule has 0 heterocycles. The quantitative estimate of drug-likeness (QED) is 0.899. The largest absolute Gasteiger partial charge is 0.481 e. The van der Waals surface area contributed by atoms with Crippen molar-refractivity contribution in [3.05, 3.63) is 59.7 Å². The number of alkyl halides is 1. The van der Waals surface area contributed by atoms with Gasteiger partial charge in [0.2, 0.25) is 0 Å². The van der Waals surface area contributed by atoms with Gasteiger partial charge in [0.1, 0.15) is 6.17 Å². The first kappa shape index (κ1) is 13.3. The normalized spacial score (nSPS) is 12.1. The van der Waals surface area contributed by atoms with E-state index in [1.165, 1.54) is 6.92 Å². The second kappa shape index (κ2) is 5.65. The third kappa shape index (κ3) is 3.19. The van der Waals surface area contributed by atoms with E-state index in [-0.39, 0.29) is 6.42 Å². The summed E-state index contributed by atoms with van der Waals surface area (Å²) in [6, 6.07) is 14.7. The summed E-state index contributed by atoms with van der Waals surface area (Å²) in [5, 5.41) is 8.97. The van der Waals surface area contributed by atoms with Gasteiger partial charge in [0, 0.05) is 0 Å². The van der Waals surface area contributed by atoms with Crippen molar-refractivity contribution < 1.29 is 14.3 Å². The van der Waals surface area contributed by atoms with E-state index in [1.54, 1.807) is 18.2 Å². The summed E-state index contributed by atoms with van der Waals surface area (Å²) < 4.78 is 13.3. The number of benzene rings is 2. The fourth-order valence-corrected chi connectivity index (χ4v) is 2.07. The van der Waals surface area contributed by atoms with Gasteiger partial charge in [0.25, 0.3) is 0 Å². The van der Waals surface area contributed by atoms with Gasteiger partial charge >= 0.3 is 5.97 Å². The van der Waals surface area contributed by atoms with Crippen LogP contribution in [0, 0.1) is 0 Å². The van der Waals surface area contributed by atoms with Gasteiger partial charge in [-0.15, -0.1) is 0 Å². The lowest BCUT2D eigenvalue weighted by molar-refractivity contribution is -0.136. The van der Waals surface area contributed by atoms with Crippen LogP contribution in [0.4, 0.5) is 4.39 Å². The van der Waals surface area contributed by atoms with Gasteiger partial charge in [-0.2, -0.15) is 0 Å². The van der Waals surface area contributed by atoms with Crippen LogP contribution in [-0.2, 0) is 11.2 Å². The van der Waals surface area contributed by atoms with Crippen LogP contribution in [0.15, 0.2) is 48.5 Å². The van der Waals surface area contributed by atoms with E-state index < -0.39 is 12.1 Å². The molecule has 19 heavy (non-hydrogen) atoms. The van der Waals surface area contributed by atoms with Crippen LogP contribution in [-0.4, -0.2) is 11.1 Å². The van der Waals surface area contributed by atoms with Gasteiger partial charge in [-0.05, 0) is 29.2 Å². The van der Waals surface area contributed by atoms with Crippen molar-refractivity contribution in [2.45, 2.75) is 19.5 Å². The molecule has 3 heteroatoms. The van der Waals surface area contributed by atoms with Crippen molar-refractivity contribution >= 4 is 5.97 Å². The van der Waals surface area contributed by atoms with Crippen molar-refractivity contribution in [1.82, 2.24) is 0 Å². The van der Waals surface area contributed by atoms with Crippen LogP contribution in [0.1, 0.15) is 24.2 Å². The monoisotopic (exact) mass is 258 g/mol. The molecule has 0 saturated heterocycles. The molecule has 0 aliphatic heterocycles. The second-order valence-corrected chi connectivity index (χ2v) is 4.47. The highest BCUT2D eigenvalue weighted by atomic mass is 19.1. The SMILES string of the molecule is CC(F)c1ccc(-c2ccccc2)c(CC(=O)O)c1. The van der Waals surface area contributed by atoms with Crippen LogP contribution in [0.2, 0.25) is 0 Å². The maximum absolute atomic E-state index is 13.3. The van der Waals surface area contributed by atoms with Gasteiger partial charge in [-0.25, -0.2) is 4.39 Å². The van der Waals surface area contributed by atoms with E-state index in [4.69, 9.17) is 5.11 Å². The van der Waals surface area contributed by atoms with Crippen LogP contribution in [0.3, 0.4) is 0 Å². The van der Waals surface area contributed by atoms with Crippen LogP contribution in [0.25, 0.3) is 11.1 Å². The zero-order valence-corrected chi connectivity index (χ0v) is 10.6. The molecule has 0 saturated carbocycles. The molecule has 0 amide bonds. The van der Waals surface area contributed by atoms with E-state index in [2.05, 4.69) is 0 Å². The summed E-state index contributed by atoms with van der Waals surface area (Å²) in [6.07, 6.45) is -1.21. The van der Waals surface area contributed by atoms with E-state index in [0.717, 1.165) is 11.1 Å². The molecule has 1 unspecified atom stereocenters. The van der Waals surface area contributed by atoms with E-state index in [1.807, 2.05) is 30.3 Å². The molecular formula is C16H15FO2. The first-order valence-corrected chi connectivity index (χ1v) is 6.12. The van der Waals surface area contributed by atoms with E-state index in [0.29, 0.717) is 11.1 Å². The molecule has 0 aromatic heterocycles. The fraction of sp³-hybridized carbons (Fsp3) is 0.188. The maximum atomic E-state index is 13.3. The lowest BCUT2D eigenvalue weighted by atomic mass is 9.94. The third-order valence-electron chi connectivity index (χ3n) is 3.02. The number of aliphatic carboxylic acids is 1. The molecule has 1 atom stereocenters.